The molecule has 26 heavy (non-hydrogen) atoms. The molecule has 2 aromatic heterocycles. The second kappa shape index (κ2) is 7.13. The van der Waals surface area contributed by atoms with E-state index in [-0.39, 0.29) is 24.0 Å². The fourth-order valence-corrected chi connectivity index (χ4v) is 3.74. The van der Waals surface area contributed by atoms with E-state index >= 15 is 0 Å². The van der Waals surface area contributed by atoms with Crippen LogP contribution in [0.5, 0.6) is 0 Å². The standard InChI is InChI=1S/C19H17N3O3S/c23-17(20-14-7-6-12-3-1-4-13(12)9-14)10-15-11-26-19(21-15)22-18(24)16-5-2-8-25-16/h2,5-9,11H,1,3-4,10H2,(H,20,23)(H,21,22,24). The molecule has 1 aliphatic rings. The molecule has 0 bridgehead atoms. The molecule has 0 fully saturated rings. The molecule has 2 N–H and O–H groups in total. The van der Waals surface area contributed by atoms with Crippen LogP contribution < -0.4 is 10.6 Å². The van der Waals surface area contributed by atoms with Gasteiger partial charge in [-0.25, -0.2) is 4.98 Å². The Labute approximate surface area is 154 Å². The van der Waals surface area contributed by atoms with Crippen LogP contribution in [0.2, 0.25) is 0 Å². The van der Waals surface area contributed by atoms with E-state index in [1.807, 2.05) is 6.07 Å². The van der Waals surface area contributed by atoms with Crippen molar-refractivity contribution >= 4 is 34.0 Å². The fraction of sp³-hybridized carbons (Fsp3) is 0.211. The topological polar surface area (TPSA) is 84.2 Å². The van der Waals surface area contributed by atoms with Crippen LogP contribution in [0, 0.1) is 0 Å². The molecule has 0 aliphatic heterocycles. The van der Waals surface area contributed by atoms with Gasteiger partial charge in [0.15, 0.2) is 10.9 Å². The predicted molar refractivity (Wildman–Crippen MR) is 99.6 cm³/mol. The van der Waals surface area contributed by atoms with Gasteiger partial charge in [0, 0.05) is 11.1 Å². The number of carbonyl (C=O) groups excluding carboxylic acids is 2. The molecule has 2 heterocycles. The van der Waals surface area contributed by atoms with Crippen molar-refractivity contribution in [2.45, 2.75) is 25.7 Å². The summed E-state index contributed by atoms with van der Waals surface area (Å²) in [6, 6.07) is 9.30. The number of rotatable bonds is 5. The van der Waals surface area contributed by atoms with E-state index in [1.165, 1.54) is 35.1 Å². The van der Waals surface area contributed by atoms with Gasteiger partial charge in [0.25, 0.3) is 5.91 Å². The van der Waals surface area contributed by atoms with Crippen molar-refractivity contribution in [3.05, 3.63) is 64.6 Å². The molecule has 3 aromatic rings. The van der Waals surface area contributed by atoms with E-state index in [4.69, 9.17) is 4.42 Å². The second-order valence-corrected chi connectivity index (χ2v) is 7.00. The van der Waals surface area contributed by atoms with E-state index in [0.717, 1.165) is 18.5 Å². The highest BCUT2D eigenvalue weighted by atomic mass is 32.1. The summed E-state index contributed by atoms with van der Waals surface area (Å²) < 4.78 is 5.04. The van der Waals surface area contributed by atoms with Crippen LogP contribution in [0.25, 0.3) is 0 Å². The maximum absolute atomic E-state index is 12.3. The molecule has 0 radical (unpaired) electrons. The monoisotopic (exact) mass is 367 g/mol. The van der Waals surface area contributed by atoms with Crippen molar-refractivity contribution in [1.29, 1.82) is 0 Å². The third kappa shape index (κ3) is 3.67. The minimum atomic E-state index is -0.363. The molecule has 2 amide bonds. The molecule has 1 aliphatic carbocycles. The Bertz CT molecular complexity index is 947. The third-order valence-electron chi connectivity index (χ3n) is 4.24. The van der Waals surface area contributed by atoms with Crippen molar-refractivity contribution in [3.63, 3.8) is 0 Å². The molecule has 132 valence electrons. The summed E-state index contributed by atoms with van der Waals surface area (Å²) >= 11 is 1.28. The predicted octanol–water partition coefficient (Wildman–Crippen LogP) is 3.66. The van der Waals surface area contributed by atoms with Crippen LogP contribution >= 0.6 is 11.3 Å². The zero-order chi connectivity index (χ0) is 17.9. The third-order valence-corrected chi connectivity index (χ3v) is 5.05. The summed E-state index contributed by atoms with van der Waals surface area (Å²) in [7, 11) is 0. The van der Waals surface area contributed by atoms with Crippen LogP contribution in [0.1, 0.15) is 33.8 Å². The van der Waals surface area contributed by atoms with Crippen LogP contribution in [0.4, 0.5) is 10.8 Å². The Morgan fingerprint density at radius 1 is 1.15 bits per heavy atom. The highest BCUT2D eigenvalue weighted by Gasteiger charge is 2.14. The Hall–Kier alpha value is -2.93. The van der Waals surface area contributed by atoms with Gasteiger partial charge in [-0.2, -0.15) is 0 Å². The zero-order valence-corrected chi connectivity index (χ0v) is 14.8. The Kier molecular flexibility index (Phi) is 4.53. The van der Waals surface area contributed by atoms with E-state index in [9.17, 15) is 9.59 Å². The summed E-state index contributed by atoms with van der Waals surface area (Å²) in [4.78, 5) is 28.5. The number of hydrogen-bond acceptors (Lipinski definition) is 5. The molecule has 4 rings (SSSR count). The molecular weight excluding hydrogens is 350 g/mol. The van der Waals surface area contributed by atoms with Crippen LogP contribution in [0.3, 0.4) is 0 Å². The lowest BCUT2D eigenvalue weighted by molar-refractivity contribution is -0.115. The number of benzene rings is 1. The first-order valence-electron chi connectivity index (χ1n) is 8.38. The fourth-order valence-electron chi connectivity index (χ4n) is 3.03. The number of aromatic nitrogens is 1. The lowest BCUT2D eigenvalue weighted by atomic mass is 10.1. The Morgan fingerprint density at radius 3 is 2.88 bits per heavy atom. The smallest absolute Gasteiger partial charge is 0.293 e. The van der Waals surface area contributed by atoms with Crippen LogP contribution in [-0.2, 0) is 24.1 Å². The van der Waals surface area contributed by atoms with Gasteiger partial charge in [0.05, 0.1) is 18.4 Å². The minimum Gasteiger partial charge on any atom is -0.459 e. The molecule has 0 saturated heterocycles. The molecule has 0 unspecified atom stereocenters. The van der Waals surface area contributed by atoms with Gasteiger partial charge in [0.1, 0.15) is 0 Å². The summed E-state index contributed by atoms with van der Waals surface area (Å²) in [5.74, 6) is -0.272. The number of amides is 2. The number of hydrogen-bond donors (Lipinski definition) is 2. The van der Waals surface area contributed by atoms with Crippen LogP contribution in [-0.4, -0.2) is 16.8 Å². The summed E-state index contributed by atoms with van der Waals surface area (Å²) in [5.41, 5.74) is 4.12. The zero-order valence-electron chi connectivity index (χ0n) is 14.0. The average molecular weight is 367 g/mol. The minimum absolute atomic E-state index is 0.128. The number of anilines is 2. The lowest BCUT2D eigenvalue weighted by Gasteiger charge is -2.06. The Balaban J connectivity index is 1.35. The van der Waals surface area contributed by atoms with Crippen molar-refractivity contribution < 1.29 is 14.0 Å². The van der Waals surface area contributed by atoms with Crippen molar-refractivity contribution in [2.24, 2.45) is 0 Å². The van der Waals surface area contributed by atoms with Crippen molar-refractivity contribution in [2.75, 3.05) is 10.6 Å². The van der Waals surface area contributed by atoms with Gasteiger partial charge < -0.3 is 9.73 Å². The molecule has 1 aromatic carbocycles. The van der Waals surface area contributed by atoms with Gasteiger partial charge in [0.2, 0.25) is 5.91 Å². The number of furan rings is 1. The first kappa shape index (κ1) is 16.5. The summed E-state index contributed by atoms with van der Waals surface area (Å²) in [6.45, 7) is 0. The van der Waals surface area contributed by atoms with Crippen molar-refractivity contribution in [1.82, 2.24) is 4.98 Å². The SMILES string of the molecule is O=C(Cc1csc(NC(=O)c2ccco2)n1)Nc1ccc2c(c1)CCC2. The average Bonchev–Trinajstić information content (AvgIpc) is 3.36. The highest BCUT2D eigenvalue weighted by molar-refractivity contribution is 7.14. The largest absolute Gasteiger partial charge is 0.459 e. The van der Waals surface area contributed by atoms with Gasteiger partial charge in [-0.1, -0.05) is 6.07 Å². The first-order chi connectivity index (χ1) is 12.7. The van der Waals surface area contributed by atoms with E-state index < -0.39 is 0 Å². The molecule has 7 heteroatoms. The van der Waals surface area contributed by atoms with Gasteiger partial charge in [-0.3, -0.25) is 14.9 Å². The number of thiazole rings is 1. The molecule has 0 atom stereocenters. The molecule has 6 nitrogen and oxygen atoms in total. The number of aryl methyl sites for hydroxylation is 2. The number of nitrogens with one attached hydrogen (secondary N) is 2. The number of carbonyl (C=O) groups is 2. The Morgan fingerprint density at radius 2 is 2.04 bits per heavy atom. The van der Waals surface area contributed by atoms with Crippen molar-refractivity contribution in [3.8, 4) is 0 Å². The quantitative estimate of drug-likeness (QED) is 0.721. The summed E-state index contributed by atoms with van der Waals surface area (Å²) in [5, 5.41) is 7.78. The van der Waals surface area contributed by atoms with E-state index in [1.54, 1.807) is 17.5 Å². The summed E-state index contributed by atoms with van der Waals surface area (Å²) in [6.07, 6.45) is 4.96. The van der Waals surface area contributed by atoms with Crippen LogP contribution in [0.15, 0.2) is 46.4 Å². The maximum atomic E-state index is 12.3. The van der Waals surface area contributed by atoms with Gasteiger partial charge >= 0.3 is 0 Å². The number of fused-ring (bicyclic) bond motifs is 1. The molecule has 0 spiro atoms. The maximum Gasteiger partial charge on any atom is 0.293 e. The normalized spacial score (nSPS) is 12.6. The molecular formula is C19H17N3O3S. The highest BCUT2D eigenvalue weighted by Crippen LogP contribution is 2.25. The van der Waals surface area contributed by atoms with Gasteiger partial charge in [-0.05, 0) is 54.7 Å². The lowest BCUT2D eigenvalue weighted by Crippen LogP contribution is -2.15. The first-order valence-corrected chi connectivity index (χ1v) is 9.26. The van der Waals surface area contributed by atoms with E-state index in [2.05, 4.69) is 27.8 Å². The molecule has 0 saturated carbocycles. The second-order valence-electron chi connectivity index (χ2n) is 6.14. The number of nitrogens with zero attached hydrogens (tertiary/aromatic N) is 1. The van der Waals surface area contributed by atoms with Gasteiger partial charge in [-0.15, -0.1) is 11.3 Å². The van der Waals surface area contributed by atoms with E-state index in [0.29, 0.717) is 10.8 Å².